The van der Waals surface area contributed by atoms with Gasteiger partial charge in [0.25, 0.3) is 15.0 Å². The molecule has 0 spiro atoms. The van der Waals surface area contributed by atoms with Crippen LogP contribution >= 0.6 is 22.3 Å². The summed E-state index contributed by atoms with van der Waals surface area (Å²) in [4.78, 5) is 14.0. The van der Waals surface area contributed by atoms with Gasteiger partial charge in [-0.3, -0.25) is 4.79 Å². The van der Waals surface area contributed by atoms with Crippen molar-refractivity contribution in [2.75, 3.05) is 20.2 Å². The zero-order chi connectivity index (χ0) is 15.8. The van der Waals surface area contributed by atoms with Gasteiger partial charge >= 0.3 is 0 Å². The summed E-state index contributed by atoms with van der Waals surface area (Å²) >= 11 is 5.92. The number of carbonyl (C=O) groups excluding carboxylic acids is 1. The van der Waals surface area contributed by atoms with Crippen LogP contribution in [0.5, 0.6) is 0 Å². The molecule has 1 aliphatic heterocycles. The molecule has 1 heterocycles. The van der Waals surface area contributed by atoms with Gasteiger partial charge in [0.2, 0.25) is 0 Å². The van der Waals surface area contributed by atoms with Crippen LogP contribution in [-0.4, -0.2) is 45.5 Å². The molecule has 1 saturated heterocycles. The number of amides is 1. The second-order valence-corrected chi connectivity index (χ2v) is 7.88. The zero-order valence-electron chi connectivity index (χ0n) is 11.6. The molecule has 0 aliphatic carbocycles. The monoisotopic (exact) mass is 351 g/mol. The Bertz CT molecular complexity index is 675. The third-order valence-corrected chi connectivity index (χ3v) is 5.25. The smallest absolute Gasteiger partial charge is 0.261 e. The van der Waals surface area contributed by atoms with Gasteiger partial charge in [-0.05, 0) is 31.0 Å². The van der Waals surface area contributed by atoms with Crippen molar-refractivity contribution in [3.63, 3.8) is 0 Å². The third kappa shape index (κ3) is 3.51. The van der Waals surface area contributed by atoms with Crippen LogP contribution < -0.4 is 0 Å². The van der Waals surface area contributed by atoms with Crippen molar-refractivity contribution in [2.24, 2.45) is 0 Å². The molecule has 0 radical (unpaired) electrons. The minimum atomic E-state index is -3.96. The molecule has 0 saturated carbocycles. The Balaban J connectivity index is 2.41. The van der Waals surface area contributed by atoms with Gasteiger partial charge < -0.3 is 9.64 Å². The molecule has 1 amide bonds. The van der Waals surface area contributed by atoms with E-state index in [0.29, 0.717) is 18.7 Å². The Hall–Kier alpha value is -0.820. The van der Waals surface area contributed by atoms with Crippen molar-refractivity contribution in [3.05, 3.63) is 28.3 Å². The summed E-state index contributed by atoms with van der Waals surface area (Å²) < 4.78 is 28.3. The van der Waals surface area contributed by atoms with E-state index in [1.807, 2.05) is 0 Å². The van der Waals surface area contributed by atoms with Crippen molar-refractivity contribution in [2.45, 2.75) is 24.3 Å². The standard InChI is InChI=1S/C13H15Cl2NO4S/c1-8-11(5-9(14)6-12(8)21(15,18)19)13(17)16-4-3-10(7-16)20-2/h5-6,10H,3-4,7H2,1-2H3. The Labute approximate surface area is 133 Å². The summed E-state index contributed by atoms with van der Waals surface area (Å²) in [6.45, 7) is 2.58. The number of nitrogens with zero attached hydrogens (tertiary/aromatic N) is 1. The predicted octanol–water partition coefficient (Wildman–Crippen LogP) is 2.44. The summed E-state index contributed by atoms with van der Waals surface area (Å²) in [5.41, 5.74) is 0.554. The molecule has 5 nitrogen and oxygen atoms in total. The second kappa shape index (κ2) is 6.12. The van der Waals surface area contributed by atoms with Gasteiger partial charge in [0, 0.05) is 41.5 Å². The van der Waals surface area contributed by atoms with Gasteiger partial charge in [0.05, 0.1) is 11.0 Å². The summed E-state index contributed by atoms with van der Waals surface area (Å²) in [7, 11) is 3.03. The Morgan fingerprint density at radius 2 is 2.10 bits per heavy atom. The van der Waals surface area contributed by atoms with E-state index in [4.69, 9.17) is 27.0 Å². The Kier molecular flexibility index (Phi) is 4.82. The highest BCUT2D eigenvalue weighted by Crippen LogP contribution is 2.28. The summed E-state index contributed by atoms with van der Waals surface area (Å²) in [5.74, 6) is -0.267. The lowest BCUT2D eigenvalue weighted by molar-refractivity contribution is 0.0723. The van der Waals surface area contributed by atoms with Crippen molar-refractivity contribution >= 4 is 37.2 Å². The van der Waals surface area contributed by atoms with Crippen LogP contribution in [0.1, 0.15) is 22.3 Å². The molecule has 2 rings (SSSR count). The lowest BCUT2D eigenvalue weighted by Gasteiger charge is -2.18. The van der Waals surface area contributed by atoms with Gasteiger partial charge in [-0.15, -0.1) is 0 Å². The maximum absolute atomic E-state index is 12.5. The number of hydrogen-bond acceptors (Lipinski definition) is 4. The molecule has 1 aromatic rings. The molecular weight excluding hydrogens is 337 g/mol. The van der Waals surface area contributed by atoms with Crippen LogP contribution in [0.3, 0.4) is 0 Å². The molecule has 8 heteroatoms. The van der Waals surface area contributed by atoms with Crippen molar-refractivity contribution in [1.29, 1.82) is 0 Å². The van der Waals surface area contributed by atoms with Crippen LogP contribution in [0.2, 0.25) is 5.02 Å². The second-order valence-electron chi connectivity index (χ2n) is 4.91. The lowest BCUT2D eigenvalue weighted by atomic mass is 10.1. The number of likely N-dealkylation sites (tertiary alicyclic amines) is 1. The molecular formula is C13H15Cl2NO4S. The van der Waals surface area contributed by atoms with Crippen LogP contribution in [0.25, 0.3) is 0 Å². The largest absolute Gasteiger partial charge is 0.380 e. The molecule has 21 heavy (non-hydrogen) atoms. The first-order chi connectivity index (χ1) is 9.74. The van der Waals surface area contributed by atoms with Crippen molar-refractivity contribution in [3.8, 4) is 0 Å². The Morgan fingerprint density at radius 3 is 2.62 bits per heavy atom. The number of benzene rings is 1. The highest BCUT2D eigenvalue weighted by Gasteiger charge is 2.29. The minimum absolute atomic E-state index is 0.00432. The first-order valence-corrected chi connectivity index (χ1v) is 8.99. The van der Waals surface area contributed by atoms with E-state index in [9.17, 15) is 13.2 Å². The van der Waals surface area contributed by atoms with Gasteiger partial charge in [-0.25, -0.2) is 8.42 Å². The maximum Gasteiger partial charge on any atom is 0.261 e. The summed E-state index contributed by atoms with van der Waals surface area (Å²) in [6, 6.07) is 2.71. The number of hydrogen-bond donors (Lipinski definition) is 0. The van der Waals surface area contributed by atoms with Crippen LogP contribution in [0.15, 0.2) is 17.0 Å². The SMILES string of the molecule is COC1CCN(C(=O)c2cc(Cl)cc(S(=O)(=O)Cl)c2C)C1. The molecule has 1 atom stereocenters. The average molecular weight is 352 g/mol. The molecule has 0 bridgehead atoms. The number of rotatable bonds is 3. The first kappa shape index (κ1) is 16.5. The molecule has 0 N–H and O–H groups in total. The molecule has 0 aromatic heterocycles. The van der Waals surface area contributed by atoms with E-state index in [1.165, 1.54) is 12.1 Å². The first-order valence-electron chi connectivity index (χ1n) is 6.31. The number of ether oxygens (including phenoxy) is 1. The van der Waals surface area contributed by atoms with Gasteiger partial charge in [0.1, 0.15) is 0 Å². The van der Waals surface area contributed by atoms with E-state index in [1.54, 1.807) is 18.9 Å². The maximum atomic E-state index is 12.5. The number of methoxy groups -OCH3 is 1. The number of halogens is 2. The highest BCUT2D eigenvalue weighted by atomic mass is 35.7. The quantitative estimate of drug-likeness (QED) is 0.784. The lowest BCUT2D eigenvalue weighted by Crippen LogP contribution is -2.30. The van der Waals surface area contributed by atoms with E-state index in [-0.39, 0.29) is 27.5 Å². The molecule has 1 unspecified atom stereocenters. The predicted molar refractivity (Wildman–Crippen MR) is 80.5 cm³/mol. The van der Waals surface area contributed by atoms with Crippen LogP contribution in [0, 0.1) is 6.92 Å². The van der Waals surface area contributed by atoms with Crippen LogP contribution in [0.4, 0.5) is 0 Å². The van der Waals surface area contributed by atoms with E-state index >= 15 is 0 Å². The topological polar surface area (TPSA) is 63.7 Å². The van der Waals surface area contributed by atoms with E-state index < -0.39 is 9.05 Å². The molecule has 116 valence electrons. The fourth-order valence-electron chi connectivity index (χ4n) is 2.40. The summed E-state index contributed by atoms with van der Waals surface area (Å²) in [6.07, 6.45) is 0.757. The van der Waals surface area contributed by atoms with Crippen LogP contribution in [-0.2, 0) is 13.8 Å². The minimum Gasteiger partial charge on any atom is -0.380 e. The molecule has 1 aromatic carbocycles. The van der Waals surface area contributed by atoms with Gasteiger partial charge in [-0.1, -0.05) is 11.6 Å². The van der Waals surface area contributed by atoms with Gasteiger partial charge in [-0.2, -0.15) is 0 Å². The van der Waals surface area contributed by atoms with E-state index in [2.05, 4.69) is 0 Å². The molecule has 1 aliphatic rings. The fraction of sp³-hybridized carbons (Fsp3) is 0.462. The highest BCUT2D eigenvalue weighted by molar-refractivity contribution is 8.13. The fourth-order valence-corrected chi connectivity index (χ4v) is 3.91. The third-order valence-electron chi connectivity index (χ3n) is 3.58. The van der Waals surface area contributed by atoms with E-state index in [0.717, 1.165) is 6.42 Å². The number of carbonyl (C=O) groups is 1. The normalized spacial score (nSPS) is 19.0. The zero-order valence-corrected chi connectivity index (χ0v) is 13.9. The van der Waals surface area contributed by atoms with Crippen molar-refractivity contribution < 1.29 is 17.9 Å². The molecule has 1 fully saturated rings. The Morgan fingerprint density at radius 1 is 1.43 bits per heavy atom. The summed E-state index contributed by atoms with van der Waals surface area (Å²) in [5, 5.41) is 0.158. The average Bonchev–Trinajstić information content (AvgIpc) is 2.87. The van der Waals surface area contributed by atoms with Crippen molar-refractivity contribution in [1.82, 2.24) is 4.90 Å². The van der Waals surface area contributed by atoms with Gasteiger partial charge in [0.15, 0.2) is 0 Å².